The van der Waals surface area contributed by atoms with Gasteiger partial charge in [-0.05, 0) is 49.7 Å². The van der Waals surface area contributed by atoms with Crippen molar-refractivity contribution in [3.05, 3.63) is 95.0 Å². The van der Waals surface area contributed by atoms with Crippen LogP contribution in [0.2, 0.25) is 5.02 Å². The third-order valence-electron chi connectivity index (χ3n) is 4.30. The summed E-state index contributed by atoms with van der Waals surface area (Å²) in [4.78, 5) is 0.250. The fourth-order valence-corrected chi connectivity index (χ4v) is 4.86. The number of halogens is 1. The average molecular weight is 386 g/mol. The van der Waals surface area contributed by atoms with E-state index in [-0.39, 0.29) is 4.90 Å². The van der Waals surface area contributed by atoms with Crippen LogP contribution in [0, 0.1) is 6.92 Å². The molecule has 0 saturated heterocycles. The lowest BCUT2D eigenvalue weighted by Crippen LogP contribution is -2.33. The van der Waals surface area contributed by atoms with Gasteiger partial charge in [-0.3, -0.25) is 4.31 Å². The van der Waals surface area contributed by atoms with Crippen molar-refractivity contribution < 1.29 is 8.42 Å². The molecule has 1 atom stereocenters. The summed E-state index contributed by atoms with van der Waals surface area (Å²) in [6.45, 7) is 3.82. The highest BCUT2D eigenvalue weighted by atomic mass is 35.5. The third-order valence-corrected chi connectivity index (χ3v) is 6.55. The van der Waals surface area contributed by atoms with Crippen molar-refractivity contribution in [2.45, 2.75) is 24.8 Å². The molecule has 0 aliphatic heterocycles. The lowest BCUT2D eigenvalue weighted by Gasteiger charge is -2.31. The van der Waals surface area contributed by atoms with Crippen LogP contribution in [0.1, 0.15) is 24.1 Å². The van der Waals surface area contributed by atoms with E-state index in [1.54, 1.807) is 36.4 Å². The zero-order chi connectivity index (χ0) is 18.7. The Balaban J connectivity index is 2.17. The molecule has 0 radical (unpaired) electrons. The largest absolute Gasteiger partial charge is 0.264 e. The van der Waals surface area contributed by atoms with E-state index in [1.807, 2.05) is 56.3 Å². The normalized spacial score (nSPS) is 12.6. The van der Waals surface area contributed by atoms with E-state index in [1.165, 1.54) is 4.31 Å². The number of hydrogen-bond acceptors (Lipinski definition) is 2. The molecule has 0 aliphatic rings. The van der Waals surface area contributed by atoms with Gasteiger partial charge in [0.2, 0.25) is 0 Å². The van der Waals surface area contributed by atoms with E-state index in [0.717, 1.165) is 11.1 Å². The fourth-order valence-electron chi connectivity index (χ4n) is 2.91. The molecule has 0 heterocycles. The summed E-state index contributed by atoms with van der Waals surface area (Å²) < 4.78 is 28.3. The molecule has 0 N–H and O–H groups in total. The predicted octanol–water partition coefficient (Wildman–Crippen LogP) is 5.60. The number of nitrogens with zero attached hydrogens (tertiary/aromatic N) is 1. The predicted molar refractivity (Wildman–Crippen MR) is 107 cm³/mol. The molecule has 0 aromatic heterocycles. The molecule has 1 unspecified atom stereocenters. The van der Waals surface area contributed by atoms with Crippen molar-refractivity contribution in [2.75, 3.05) is 4.31 Å². The van der Waals surface area contributed by atoms with Crippen molar-refractivity contribution in [3.63, 3.8) is 0 Å². The van der Waals surface area contributed by atoms with Gasteiger partial charge in [-0.1, -0.05) is 65.7 Å². The van der Waals surface area contributed by atoms with Gasteiger partial charge >= 0.3 is 0 Å². The van der Waals surface area contributed by atoms with Crippen LogP contribution < -0.4 is 4.31 Å². The number of aryl methyl sites for hydroxylation is 1. The van der Waals surface area contributed by atoms with Gasteiger partial charge in [0.25, 0.3) is 10.0 Å². The van der Waals surface area contributed by atoms with Crippen LogP contribution in [0.5, 0.6) is 0 Å². The quantitative estimate of drug-likeness (QED) is 0.572. The van der Waals surface area contributed by atoms with Crippen molar-refractivity contribution >= 4 is 27.3 Å². The van der Waals surface area contributed by atoms with Gasteiger partial charge in [0.1, 0.15) is 0 Å². The zero-order valence-corrected chi connectivity index (χ0v) is 16.2. The first kappa shape index (κ1) is 18.5. The van der Waals surface area contributed by atoms with Crippen LogP contribution in [0.15, 0.2) is 83.8 Å². The minimum absolute atomic E-state index is 0.250. The fraction of sp³-hybridized carbons (Fsp3) is 0.143. The van der Waals surface area contributed by atoms with E-state index in [4.69, 9.17) is 11.6 Å². The molecule has 0 aliphatic carbocycles. The Hall–Kier alpha value is -2.30. The Labute approximate surface area is 159 Å². The number of anilines is 1. The van der Waals surface area contributed by atoms with Gasteiger partial charge in [-0.2, -0.15) is 0 Å². The van der Waals surface area contributed by atoms with Crippen LogP contribution in [-0.4, -0.2) is 8.42 Å². The van der Waals surface area contributed by atoms with Crippen LogP contribution in [0.4, 0.5) is 5.69 Å². The van der Waals surface area contributed by atoms with Gasteiger partial charge in [0, 0.05) is 5.02 Å². The molecule has 3 aromatic carbocycles. The molecule has 3 aromatic rings. The summed E-state index contributed by atoms with van der Waals surface area (Å²) in [6, 6.07) is 22.8. The Morgan fingerprint density at radius 1 is 0.846 bits per heavy atom. The van der Waals surface area contributed by atoms with Gasteiger partial charge in [0.15, 0.2) is 0 Å². The lowest BCUT2D eigenvalue weighted by molar-refractivity contribution is 0.583. The van der Waals surface area contributed by atoms with Gasteiger partial charge in [-0.15, -0.1) is 0 Å². The van der Waals surface area contributed by atoms with Crippen LogP contribution >= 0.6 is 11.6 Å². The molecular weight excluding hydrogens is 366 g/mol. The van der Waals surface area contributed by atoms with Crippen LogP contribution in [-0.2, 0) is 10.0 Å². The van der Waals surface area contributed by atoms with E-state index < -0.39 is 16.1 Å². The van der Waals surface area contributed by atoms with Crippen molar-refractivity contribution in [3.8, 4) is 0 Å². The summed E-state index contributed by atoms with van der Waals surface area (Å²) in [5, 5.41) is 0.542. The second-order valence-electron chi connectivity index (χ2n) is 6.15. The standard InChI is InChI=1S/C21H20ClNO2S/c1-16-12-14-18(15-13-16)23(17(2)20-10-6-7-11-21(20)22)26(24,25)19-8-4-3-5-9-19/h3-15,17H,1-2H3. The minimum Gasteiger partial charge on any atom is -0.259 e. The maximum atomic E-state index is 13.4. The van der Waals surface area contributed by atoms with Gasteiger partial charge in [0.05, 0.1) is 16.6 Å². The number of sulfonamides is 1. The lowest BCUT2D eigenvalue weighted by atomic mass is 10.1. The molecule has 3 rings (SSSR count). The highest BCUT2D eigenvalue weighted by Crippen LogP contribution is 2.35. The number of hydrogen-bond donors (Lipinski definition) is 0. The second-order valence-corrected chi connectivity index (χ2v) is 8.37. The monoisotopic (exact) mass is 385 g/mol. The summed E-state index contributed by atoms with van der Waals surface area (Å²) in [5.74, 6) is 0. The third kappa shape index (κ3) is 3.62. The maximum Gasteiger partial charge on any atom is 0.264 e. The summed E-state index contributed by atoms with van der Waals surface area (Å²) in [7, 11) is -3.76. The van der Waals surface area contributed by atoms with Gasteiger partial charge < -0.3 is 0 Å². The van der Waals surface area contributed by atoms with Crippen molar-refractivity contribution in [1.82, 2.24) is 0 Å². The zero-order valence-electron chi connectivity index (χ0n) is 14.6. The molecule has 0 bridgehead atoms. The number of benzene rings is 3. The first-order chi connectivity index (χ1) is 12.4. The van der Waals surface area contributed by atoms with E-state index in [9.17, 15) is 8.42 Å². The Kier molecular flexibility index (Phi) is 5.35. The molecule has 3 nitrogen and oxygen atoms in total. The van der Waals surface area contributed by atoms with Crippen molar-refractivity contribution in [1.29, 1.82) is 0 Å². The molecule has 26 heavy (non-hydrogen) atoms. The van der Waals surface area contributed by atoms with E-state index in [2.05, 4.69) is 0 Å². The SMILES string of the molecule is Cc1ccc(N(C(C)c2ccccc2Cl)S(=O)(=O)c2ccccc2)cc1. The first-order valence-electron chi connectivity index (χ1n) is 8.32. The second kappa shape index (κ2) is 7.52. The van der Waals surface area contributed by atoms with E-state index in [0.29, 0.717) is 10.7 Å². The summed E-state index contributed by atoms with van der Waals surface area (Å²) in [5.41, 5.74) is 2.43. The molecule has 0 amide bonds. The highest BCUT2D eigenvalue weighted by molar-refractivity contribution is 7.92. The van der Waals surface area contributed by atoms with E-state index >= 15 is 0 Å². The molecular formula is C21H20ClNO2S. The minimum atomic E-state index is -3.76. The smallest absolute Gasteiger partial charge is 0.259 e. The van der Waals surface area contributed by atoms with Crippen LogP contribution in [0.25, 0.3) is 0 Å². The molecule has 0 saturated carbocycles. The Morgan fingerprint density at radius 3 is 2.04 bits per heavy atom. The summed E-state index contributed by atoms with van der Waals surface area (Å²) in [6.07, 6.45) is 0. The summed E-state index contributed by atoms with van der Waals surface area (Å²) >= 11 is 6.35. The maximum absolute atomic E-state index is 13.4. The topological polar surface area (TPSA) is 37.4 Å². The Bertz CT molecular complexity index is 986. The average Bonchev–Trinajstić information content (AvgIpc) is 2.64. The van der Waals surface area contributed by atoms with Crippen molar-refractivity contribution in [2.24, 2.45) is 0 Å². The van der Waals surface area contributed by atoms with Crippen LogP contribution in [0.3, 0.4) is 0 Å². The first-order valence-corrected chi connectivity index (χ1v) is 10.1. The number of rotatable bonds is 5. The van der Waals surface area contributed by atoms with Gasteiger partial charge in [-0.25, -0.2) is 8.42 Å². The molecule has 0 fully saturated rings. The highest BCUT2D eigenvalue weighted by Gasteiger charge is 2.31. The molecule has 0 spiro atoms. The molecule has 134 valence electrons. The molecule has 5 heteroatoms. The Morgan fingerprint density at radius 2 is 1.42 bits per heavy atom.